The Morgan fingerprint density at radius 2 is 1.88 bits per heavy atom. The number of likely N-dealkylation sites (tertiary alicyclic amines) is 1. The number of piperidine rings is 1. The monoisotopic (exact) mass is 466 g/mol. The van der Waals surface area contributed by atoms with Crippen molar-refractivity contribution in [3.63, 3.8) is 0 Å². The van der Waals surface area contributed by atoms with Crippen molar-refractivity contribution in [1.29, 1.82) is 0 Å². The van der Waals surface area contributed by atoms with Gasteiger partial charge in [-0.3, -0.25) is 19.8 Å². The molecule has 0 unspecified atom stereocenters. The van der Waals surface area contributed by atoms with E-state index in [4.69, 9.17) is 13.9 Å². The van der Waals surface area contributed by atoms with Gasteiger partial charge in [0.15, 0.2) is 0 Å². The SMILES string of the molecule is CCOC(=O)C1CCN(Cc2cc(=O)oc3cc(OCc4ccc([N+](=O)[O-])cc4)ccc23)CC1. The molecule has 0 radical (unpaired) electrons. The molecule has 1 fully saturated rings. The van der Waals surface area contributed by atoms with Gasteiger partial charge in [-0.25, -0.2) is 4.79 Å². The molecular formula is C25H26N2O7. The van der Waals surface area contributed by atoms with Gasteiger partial charge in [0.05, 0.1) is 17.4 Å². The van der Waals surface area contributed by atoms with Crippen LogP contribution in [0.4, 0.5) is 5.69 Å². The van der Waals surface area contributed by atoms with Gasteiger partial charge in [-0.05, 0) is 68.2 Å². The zero-order chi connectivity index (χ0) is 24.1. The highest BCUT2D eigenvalue weighted by Crippen LogP contribution is 2.26. The summed E-state index contributed by atoms with van der Waals surface area (Å²) >= 11 is 0. The molecule has 34 heavy (non-hydrogen) atoms. The molecule has 0 atom stereocenters. The number of esters is 1. The van der Waals surface area contributed by atoms with Gasteiger partial charge >= 0.3 is 11.6 Å². The molecular weight excluding hydrogens is 440 g/mol. The smallest absolute Gasteiger partial charge is 0.336 e. The summed E-state index contributed by atoms with van der Waals surface area (Å²) < 4.78 is 16.3. The fraction of sp³-hybridized carbons (Fsp3) is 0.360. The molecule has 0 amide bonds. The second kappa shape index (κ2) is 10.5. The Balaban J connectivity index is 1.43. The van der Waals surface area contributed by atoms with Gasteiger partial charge in [-0.2, -0.15) is 0 Å². The number of non-ortho nitro benzene ring substituents is 1. The summed E-state index contributed by atoms with van der Waals surface area (Å²) in [6.07, 6.45) is 1.47. The summed E-state index contributed by atoms with van der Waals surface area (Å²) in [6.45, 7) is 4.52. The number of benzene rings is 2. The summed E-state index contributed by atoms with van der Waals surface area (Å²) in [6, 6.07) is 13.0. The van der Waals surface area contributed by atoms with Crippen LogP contribution in [0.15, 0.2) is 57.7 Å². The fourth-order valence-corrected chi connectivity index (χ4v) is 4.14. The number of nitro benzene ring substituents is 1. The van der Waals surface area contributed by atoms with Crippen LogP contribution >= 0.6 is 0 Å². The van der Waals surface area contributed by atoms with Gasteiger partial charge in [0, 0.05) is 36.2 Å². The number of ether oxygens (including phenoxy) is 2. The first-order chi connectivity index (χ1) is 16.4. The van der Waals surface area contributed by atoms with E-state index in [1.165, 1.54) is 18.2 Å². The van der Waals surface area contributed by atoms with Gasteiger partial charge in [-0.15, -0.1) is 0 Å². The van der Waals surface area contributed by atoms with Crippen molar-refractivity contribution in [2.45, 2.75) is 32.9 Å². The number of fused-ring (bicyclic) bond motifs is 1. The molecule has 0 spiro atoms. The largest absolute Gasteiger partial charge is 0.489 e. The molecule has 2 aromatic carbocycles. The van der Waals surface area contributed by atoms with E-state index < -0.39 is 10.5 Å². The Hall–Kier alpha value is -3.72. The fourth-order valence-electron chi connectivity index (χ4n) is 4.14. The minimum atomic E-state index is -0.448. The van der Waals surface area contributed by atoms with Crippen LogP contribution in [0.3, 0.4) is 0 Å². The highest BCUT2D eigenvalue weighted by atomic mass is 16.6. The van der Waals surface area contributed by atoms with Gasteiger partial charge < -0.3 is 13.9 Å². The maximum atomic E-state index is 12.2. The van der Waals surface area contributed by atoms with Crippen LogP contribution < -0.4 is 10.4 Å². The maximum Gasteiger partial charge on any atom is 0.336 e. The number of carbonyl (C=O) groups excluding carboxylic acids is 1. The summed E-state index contributed by atoms with van der Waals surface area (Å²) in [7, 11) is 0. The van der Waals surface area contributed by atoms with Crippen molar-refractivity contribution in [2.24, 2.45) is 5.92 Å². The molecule has 2 heterocycles. The molecule has 1 saturated heterocycles. The van der Waals surface area contributed by atoms with Crippen molar-refractivity contribution in [3.8, 4) is 5.75 Å². The summed E-state index contributed by atoms with van der Waals surface area (Å²) in [5.74, 6) is 0.333. The van der Waals surface area contributed by atoms with E-state index in [9.17, 15) is 19.7 Å². The van der Waals surface area contributed by atoms with Crippen molar-refractivity contribution >= 4 is 22.6 Å². The molecule has 1 aromatic heterocycles. The standard InChI is InChI=1S/C25H26N2O7/c1-2-32-25(29)18-9-11-26(12-10-18)15-19-13-24(28)34-23-14-21(7-8-22(19)23)33-16-17-3-5-20(6-4-17)27(30)31/h3-8,13-14,18H,2,9-12,15-16H2,1H3. The lowest BCUT2D eigenvalue weighted by Gasteiger charge is -2.30. The van der Waals surface area contributed by atoms with E-state index in [-0.39, 0.29) is 24.2 Å². The molecule has 4 rings (SSSR count). The Kier molecular flexibility index (Phi) is 7.22. The molecule has 0 aliphatic carbocycles. The Morgan fingerprint density at radius 3 is 2.56 bits per heavy atom. The predicted molar refractivity (Wildman–Crippen MR) is 125 cm³/mol. The summed E-state index contributed by atoms with van der Waals surface area (Å²) in [5, 5.41) is 11.6. The molecule has 3 aromatic rings. The zero-order valence-electron chi connectivity index (χ0n) is 18.9. The molecule has 178 valence electrons. The van der Waals surface area contributed by atoms with Crippen LogP contribution in [0, 0.1) is 16.0 Å². The van der Waals surface area contributed by atoms with E-state index in [1.54, 1.807) is 18.2 Å². The zero-order valence-corrected chi connectivity index (χ0v) is 18.9. The first kappa shape index (κ1) is 23.4. The van der Waals surface area contributed by atoms with Crippen LogP contribution in [-0.4, -0.2) is 35.5 Å². The first-order valence-corrected chi connectivity index (χ1v) is 11.2. The molecule has 9 nitrogen and oxygen atoms in total. The third-order valence-electron chi connectivity index (χ3n) is 5.96. The Bertz CT molecular complexity index is 1230. The Labute approximate surface area is 196 Å². The summed E-state index contributed by atoms with van der Waals surface area (Å²) in [5.41, 5.74) is 1.67. The Morgan fingerprint density at radius 1 is 1.15 bits per heavy atom. The molecule has 0 bridgehead atoms. The lowest BCUT2D eigenvalue weighted by molar-refractivity contribution is -0.384. The van der Waals surface area contributed by atoms with Crippen LogP contribution in [-0.2, 0) is 22.7 Å². The van der Waals surface area contributed by atoms with Crippen molar-refractivity contribution in [1.82, 2.24) is 4.90 Å². The van der Waals surface area contributed by atoms with E-state index in [2.05, 4.69) is 4.90 Å². The van der Waals surface area contributed by atoms with E-state index in [0.29, 0.717) is 24.5 Å². The van der Waals surface area contributed by atoms with Crippen molar-refractivity contribution in [2.75, 3.05) is 19.7 Å². The molecule has 1 aliphatic rings. The minimum Gasteiger partial charge on any atom is -0.489 e. The van der Waals surface area contributed by atoms with Gasteiger partial charge in [0.1, 0.15) is 17.9 Å². The van der Waals surface area contributed by atoms with Gasteiger partial charge in [-0.1, -0.05) is 0 Å². The molecule has 9 heteroatoms. The number of nitro groups is 1. The highest BCUT2D eigenvalue weighted by Gasteiger charge is 2.26. The second-order valence-corrected chi connectivity index (χ2v) is 8.26. The minimum absolute atomic E-state index is 0.0221. The van der Waals surface area contributed by atoms with Crippen LogP contribution in [0.5, 0.6) is 5.75 Å². The normalized spacial score (nSPS) is 14.7. The van der Waals surface area contributed by atoms with Crippen molar-refractivity contribution < 1.29 is 23.6 Å². The number of hydrogen-bond donors (Lipinski definition) is 0. The maximum absolute atomic E-state index is 12.2. The lowest BCUT2D eigenvalue weighted by atomic mass is 9.96. The average molecular weight is 466 g/mol. The van der Waals surface area contributed by atoms with E-state index >= 15 is 0 Å². The van der Waals surface area contributed by atoms with E-state index in [0.717, 1.165) is 42.4 Å². The second-order valence-electron chi connectivity index (χ2n) is 8.26. The quantitative estimate of drug-likeness (QED) is 0.211. The van der Waals surface area contributed by atoms with Crippen molar-refractivity contribution in [3.05, 3.63) is 80.2 Å². The first-order valence-electron chi connectivity index (χ1n) is 11.2. The number of hydrogen-bond acceptors (Lipinski definition) is 8. The molecule has 1 aliphatic heterocycles. The number of nitrogens with zero attached hydrogens (tertiary/aromatic N) is 2. The third-order valence-corrected chi connectivity index (χ3v) is 5.96. The molecule has 0 saturated carbocycles. The topological polar surface area (TPSA) is 112 Å². The lowest BCUT2D eigenvalue weighted by Crippen LogP contribution is -2.36. The van der Waals surface area contributed by atoms with Gasteiger partial charge in [0.25, 0.3) is 5.69 Å². The van der Waals surface area contributed by atoms with Gasteiger partial charge in [0.2, 0.25) is 0 Å². The number of rotatable bonds is 8. The van der Waals surface area contributed by atoms with Crippen LogP contribution in [0.25, 0.3) is 11.0 Å². The molecule has 0 N–H and O–H groups in total. The average Bonchev–Trinajstić information content (AvgIpc) is 2.83. The highest BCUT2D eigenvalue weighted by molar-refractivity contribution is 5.81. The van der Waals surface area contributed by atoms with E-state index in [1.807, 2.05) is 19.1 Å². The predicted octanol–water partition coefficient (Wildman–Crippen LogP) is 4.06. The van der Waals surface area contributed by atoms with Crippen LogP contribution in [0.1, 0.15) is 30.9 Å². The number of carbonyl (C=O) groups is 1. The summed E-state index contributed by atoms with van der Waals surface area (Å²) in [4.78, 5) is 36.7. The van der Waals surface area contributed by atoms with Crippen LogP contribution in [0.2, 0.25) is 0 Å². The third kappa shape index (κ3) is 5.60.